The van der Waals surface area contributed by atoms with Gasteiger partial charge in [-0.25, -0.2) is 19.6 Å². The summed E-state index contributed by atoms with van der Waals surface area (Å²) in [6, 6.07) is 7.23. The van der Waals surface area contributed by atoms with E-state index in [1.807, 2.05) is 12.1 Å². The number of hydrogen-bond acceptors (Lipinski definition) is 8. The zero-order valence-corrected chi connectivity index (χ0v) is 15.8. The summed E-state index contributed by atoms with van der Waals surface area (Å²) in [6.07, 6.45) is 4.31. The van der Waals surface area contributed by atoms with Gasteiger partial charge in [0.05, 0.1) is 30.5 Å². The predicted octanol–water partition coefficient (Wildman–Crippen LogP) is 3.03. The maximum atomic E-state index is 11.9. The van der Waals surface area contributed by atoms with Crippen molar-refractivity contribution in [1.29, 1.82) is 0 Å². The molecule has 1 aromatic carbocycles. The number of aromatic nitrogens is 2. The number of hydrogen-bond donors (Lipinski definition) is 1. The van der Waals surface area contributed by atoms with E-state index in [0.717, 1.165) is 15.4 Å². The van der Waals surface area contributed by atoms with Crippen LogP contribution in [-0.2, 0) is 19.1 Å². The van der Waals surface area contributed by atoms with Crippen LogP contribution in [0.5, 0.6) is 0 Å². The first-order valence-corrected chi connectivity index (χ1v) is 8.54. The minimum absolute atomic E-state index is 0.0425. The summed E-state index contributed by atoms with van der Waals surface area (Å²) in [5, 5.41) is 3.43. The standard InChI is InChI=1S/C16H14BrN3O4S/c1-23-14(21)7-12(15(22)24-2)20-11-5-3-4-6-13(11)25-16-18-8-10(17)9-19-16/h3-9,20H,1-2H3/b12-7+. The zero-order valence-electron chi connectivity index (χ0n) is 13.4. The van der Waals surface area contributed by atoms with Crippen molar-refractivity contribution in [2.75, 3.05) is 19.5 Å². The fourth-order valence-corrected chi connectivity index (χ4v) is 2.68. The minimum Gasteiger partial charge on any atom is -0.466 e. The van der Waals surface area contributed by atoms with E-state index in [0.29, 0.717) is 10.8 Å². The molecule has 130 valence electrons. The lowest BCUT2D eigenvalue weighted by atomic mass is 10.3. The summed E-state index contributed by atoms with van der Waals surface area (Å²) < 4.78 is 10.0. The molecular formula is C16H14BrN3O4S. The Morgan fingerprint density at radius 3 is 2.48 bits per heavy atom. The van der Waals surface area contributed by atoms with Crippen LogP contribution in [0.4, 0.5) is 5.69 Å². The molecule has 0 fully saturated rings. The Kier molecular flexibility index (Phi) is 6.96. The molecular weight excluding hydrogens is 410 g/mol. The Balaban J connectivity index is 2.29. The number of ether oxygens (including phenoxy) is 2. The second kappa shape index (κ2) is 9.19. The summed E-state index contributed by atoms with van der Waals surface area (Å²) in [4.78, 5) is 32.5. The first-order valence-electron chi connectivity index (χ1n) is 6.93. The number of nitrogens with one attached hydrogen (secondary N) is 1. The third-order valence-corrected chi connectivity index (χ3v) is 4.20. The van der Waals surface area contributed by atoms with E-state index < -0.39 is 11.9 Å². The van der Waals surface area contributed by atoms with Gasteiger partial charge in [-0.2, -0.15) is 0 Å². The Bertz CT molecular complexity index is 796. The molecule has 0 saturated carbocycles. The van der Waals surface area contributed by atoms with Crippen molar-refractivity contribution in [1.82, 2.24) is 9.97 Å². The molecule has 0 aliphatic carbocycles. The Hall–Kier alpha value is -2.39. The van der Waals surface area contributed by atoms with Crippen molar-refractivity contribution < 1.29 is 19.1 Å². The first-order chi connectivity index (χ1) is 12.0. The molecule has 25 heavy (non-hydrogen) atoms. The second-order valence-corrected chi connectivity index (χ2v) is 6.40. The van der Waals surface area contributed by atoms with Gasteiger partial charge in [0, 0.05) is 17.3 Å². The van der Waals surface area contributed by atoms with Crippen LogP contribution in [0.1, 0.15) is 0 Å². The number of rotatable bonds is 6. The summed E-state index contributed by atoms with van der Waals surface area (Å²) in [7, 11) is 2.45. The van der Waals surface area contributed by atoms with Crippen molar-refractivity contribution in [2.45, 2.75) is 10.1 Å². The molecule has 1 N–H and O–H groups in total. The molecule has 1 heterocycles. The predicted molar refractivity (Wildman–Crippen MR) is 96.0 cm³/mol. The third-order valence-electron chi connectivity index (χ3n) is 2.82. The third kappa shape index (κ3) is 5.57. The van der Waals surface area contributed by atoms with Crippen LogP contribution in [-0.4, -0.2) is 36.1 Å². The zero-order chi connectivity index (χ0) is 18.2. The molecule has 0 saturated heterocycles. The van der Waals surface area contributed by atoms with Crippen LogP contribution in [0, 0.1) is 0 Å². The molecule has 2 aromatic rings. The Labute approximate surface area is 157 Å². The maximum absolute atomic E-state index is 11.9. The fourth-order valence-electron chi connectivity index (χ4n) is 1.69. The highest BCUT2D eigenvalue weighted by molar-refractivity contribution is 9.10. The van der Waals surface area contributed by atoms with E-state index in [1.165, 1.54) is 26.0 Å². The van der Waals surface area contributed by atoms with E-state index in [1.54, 1.807) is 24.5 Å². The molecule has 0 spiro atoms. The Morgan fingerprint density at radius 1 is 1.16 bits per heavy atom. The van der Waals surface area contributed by atoms with Crippen molar-refractivity contribution in [3.8, 4) is 0 Å². The highest BCUT2D eigenvalue weighted by atomic mass is 79.9. The lowest BCUT2D eigenvalue weighted by Gasteiger charge is -2.12. The molecule has 0 radical (unpaired) electrons. The molecule has 0 amide bonds. The number of halogens is 1. The summed E-state index contributed by atoms with van der Waals surface area (Å²) >= 11 is 4.59. The molecule has 0 aliphatic heterocycles. The molecule has 0 bridgehead atoms. The number of methoxy groups -OCH3 is 2. The van der Waals surface area contributed by atoms with E-state index >= 15 is 0 Å². The molecule has 1 aromatic heterocycles. The number of nitrogens with zero attached hydrogens (tertiary/aromatic N) is 2. The van der Waals surface area contributed by atoms with Crippen LogP contribution < -0.4 is 5.32 Å². The number of carbonyl (C=O) groups is 2. The van der Waals surface area contributed by atoms with Crippen molar-refractivity contribution in [3.63, 3.8) is 0 Å². The van der Waals surface area contributed by atoms with E-state index in [-0.39, 0.29) is 5.70 Å². The molecule has 7 nitrogen and oxygen atoms in total. The fraction of sp³-hybridized carbons (Fsp3) is 0.125. The summed E-state index contributed by atoms with van der Waals surface area (Å²) in [5.74, 6) is -1.36. The van der Waals surface area contributed by atoms with Gasteiger partial charge < -0.3 is 14.8 Å². The minimum atomic E-state index is -0.690. The SMILES string of the molecule is COC(=O)/C=C(/Nc1ccccc1Sc1ncc(Br)cn1)C(=O)OC. The summed E-state index contributed by atoms with van der Waals surface area (Å²) in [6.45, 7) is 0. The second-order valence-electron chi connectivity index (χ2n) is 4.48. The number of benzene rings is 1. The van der Waals surface area contributed by atoms with Gasteiger partial charge in [-0.05, 0) is 39.8 Å². The number of carbonyl (C=O) groups excluding carboxylic acids is 2. The van der Waals surface area contributed by atoms with E-state index in [2.05, 4.69) is 40.7 Å². The largest absolute Gasteiger partial charge is 0.466 e. The first kappa shape index (κ1) is 18.9. The normalized spacial score (nSPS) is 10.9. The average molecular weight is 424 g/mol. The van der Waals surface area contributed by atoms with Gasteiger partial charge in [-0.1, -0.05) is 12.1 Å². The highest BCUT2D eigenvalue weighted by Gasteiger charge is 2.15. The smallest absolute Gasteiger partial charge is 0.354 e. The van der Waals surface area contributed by atoms with Crippen LogP contribution in [0.2, 0.25) is 0 Å². The van der Waals surface area contributed by atoms with E-state index in [4.69, 9.17) is 0 Å². The molecule has 2 rings (SSSR count). The van der Waals surface area contributed by atoms with E-state index in [9.17, 15) is 9.59 Å². The van der Waals surface area contributed by atoms with Crippen molar-refractivity contribution in [3.05, 3.63) is 52.9 Å². The lowest BCUT2D eigenvalue weighted by Crippen LogP contribution is -2.15. The van der Waals surface area contributed by atoms with Gasteiger partial charge in [0.1, 0.15) is 5.70 Å². The summed E-state index contributed by atoms with van der Waals surface area (Å²) in [5.41, 5.74) is 0.554. The van der Waals surface area contributed by atoms with Gasteiger partial charge >= 0.3 is 11.9 Å². The molecule has 0 atom stereocenters. The molecule has 0 unspecified atom stereocenters. The van der Waals surface area contributed by atoms with Crippen LogP contribution in [0.15, 0.2) is 63.0 Å². The van der Waals surface area contributed by atoms with Gasteiger partial charge in [0.15, 0.2) is 5.16 Å². The topological polar surface area (TPSA) is 90.4 Å². The maximum Gasteiger partial charge on any atom is 0.354 e. The lowest BCUT2D eigenvalue weighted by molar-refractivity contribution is -0.138. The quantitative estimate of drug-likeness (QED) is 0.430. The number of esters is 2. The van der Waals surface area contributed by atoms with Crippen LogP contribution in [0.3, 0.4) is 0 Å². The highest BCUT2D eigenvalue weighted by Crippen LogP contribution is 2.32. The molecule has 9 heteroatoms. The number of anilines is 1. The molecule has 0 aliphatic rings. The van der Waals surface area contributed by atoms with Gasteiger partial charge in [-0.15, -0.1) is 0 Å². The monoisotopic (exact) mass is 423 g/mol. The average Bonchev–Trinajstić information content (AvgIpc) is 2.63. The van der Waals surface area contributed by atoms with Gasteiger partial charge in [0.25, 0.3) is 0 Å². The van der Waals surface area contributed by atoms with Crippen molar-refractivity contribution >= 4 is 45.3 Å². The van der Waals surface area contributed by atoms with Gasteiger partial charge in [-0.3, -0.25) is 0 Å². The Morgan fingerprint density at radius 2 is 1.84 bits per heavy atom. The number of para-hydroxylation sites is 1. The van der Waals surface area contributed by atoms with Crippen LogP contribution in [0.25, 0.3) is 0 Å². The van der Waals surface area contributed by atoms with Crippen molar-refractivity contribution in [2.24, 2.45) is 0 Å². The van der Waals surface area contributed by atoms with Gasteiger partial charge in [0.2, 0.25) is 0 Å². The van der Waals surface area contributed by atoms with Crippen LogP contribution >= 0.6 is 27.7 Å².